The molecular formula is C19H23N7O2. The minimum absolute atomic E-state index is 0.140. The number of amides is 1. The SMILES string of the molecule is [2H]C([2H])(O)C(C)(C)n1cc(Nc2nccc(N3CC[C@@](C#N)(C4CC4)C3=O)n2)cn1. The Hall–Kier alpha value is -2.99. The smallest absolute Gasteiger partial charge is 0.248 e. The highest BCUT2D eigenvalue weighted by Crippen LogP contribution is 2.51. The zero-order valence-corrected chi connectivity index (χ0v) is 15.8. The molecule has 2 N–H and O–H groups in total. The molecule has 2 fully saturated rings. The zero-order valence-electron chi connectivity index (χ0n) is 17.8. The second-order valence-corrected chi connectivity index (χ2v) is 7.77. The molecule has 3 heterocycles. The van der Waals surface area contributed by atoms with E-state index in [4.69, 9.17) is 2.74 Å². The van der Waals surface area contributed by atoms with Crippen LogP contribution in [-0.4, -0.2) is 43.9 Å². The summed E-state index contributed by atoms with van der Waals surface area (Å²) < 4.78 is 16.5. The summed E-state index contributed by atoms with van der Waals surface area (Å²) in [5.41, 5.74) is -1.73. The molecule has 1 aliphatic heterocycles. The fraction of sp³-hybridized carbons (Fsp3) is 0.526. The van der Waals surface area contributed by atoms with E-state index < -0.39 is 17.5 Å². The highest BCUT2D eigenvalue weighted by atomic mass is 16.3. The molecule has 146 valence electrons. The summed E-state index contributed by atoms with van der Waals surface area (Å²) in [6.07, 6.45) is 6.87. The van der Waals surface area contributed by atoms with Gasteiger partial charge >= 0.3 is 0 Å². The van der Waals surface area contributed by atoms with Crippen molar-refractivity contribution in [2.24, 2.45) is 11.3 Å². The van der Waals surface area contributed by atoms with Crippen LogP contribution in [0.4, 0.5) is 17.5 Å². The van der Waals surface area contributed by atoms with E-state index in [-0.39, 0.29) is 17.8 Å². The van der Waals surface area contributed by atoms with Gasteiger partial charge in [-0.1, -0.05) is 0 Å². The minimum atomic E-state index is -2.47. The van der Waals surface area contributed by atoms with Gasteiger partial charge in [0.2, 0.25) is 11.9 Å². The number of rotatable bonds is 6. The zero-order chi connectivity index (χ0) is 21.7. The van der Waals surface area contributed by atoms with Crippen LogP contribution in [-0.2, 0) is 10.3 Å². The molecule has 4 rings (SSSR count). The number of hydrogen-bond donors (Lipinski definition) is 2. The van der Waals surface area contributed by atoms with Crippen LogP contribution in [0.5, 0.6) is 0 Å². The average molecular weight is 383 g/mol. The Bertz CT molecular complexity index is 1020. The van der Waals surface area contributed by atoms with Crippen LogP contribution in [0.2, 0.25) is 0 Å². The van der Waals surface area contributed by atoms with E-state index in [9.17, 15) is 15.2 Å². The number of carbonyl (C=O) groups is 1. The maximum absolute atomic E-state index is 13.0. The van der Waals surface area contributed by atoms with Gasteiger partial charge < -0.3 is 10.4 Å². The summed E-state index contributed by atoms with van der Waals surface area (Å²) in [7, 11) is 0. The van der Waals surface area contributed by atoms with Crippen LogP contribution in [0.25, 0.3) is 0 Å². The molecule has 1 aliphatic carbocycles. The number of hydrogen-bond acceptors (Lipinski definition) is 7. The van der Waals surface area contributed by atoms with E-state index in [0.717, 1.165) is 12.8 Å². The number of nitrogens with one attached hydrogen (secondary N) is 1. The average Bonchev–Trinajstić information content (AvgIpc) is 3.34. The molecule has 2 aliphatic rings. The van der Waals surface area contributed by atoms with Crippen molar-refractivity contribution in [2.45, 2.75) is 38.6 Å². The lowest BCUT2D eigenvalue weighted by Crippen LogP contribution is -2.35. The van der Waals surface area contributed by atoms with Gasteiger partial charge in [-0.25, -0.2) is 4.98 Å². The lowest BCUT2D eigenvalue weighted by molar-refractivity contribution is -0.123. The van der Waals surface area contributed by atoms with Crippen molar-refractivity contribution in [1.82, 2.24) is 19.7 Å². The lowest BCUT2D eigenvalue weighted by Gasteiger charge is -2.22. The number of aromatic nitrogens is 4. The first kappa shape index (κ1) is 16.0. The van der Waals surface area contributed by atoms with E-state index in [2.05, 4.69) is 26.5 Å². The molecule has 1 saturated carbocycles. The van der Waals surface area contributed by atoms with Gasteiger partial charge in [0, 0.05) is 18.9 Å². The Morgan fingerprint density at radius 3 is 3.00 bits per heavy atom. The topological polar surface area (TPSA) is 120 Å². The Labute approximate surface area is 165 Å². The van der Waals surface area contributed by atoms with Crippen molar-refractivity contribution in [1.29, 1.82) is 5.26 Å². The van der Waals surface area contributed by atoms with Crippen molar-refractivity contribution >= 4 is 23.4 Å². The summed E-state index contributed by atoms with van der Waals surface area (Å²) in [4.78, 5) is 23.1. The number of anilines is 3. The molecule has 0 radical (unpaired) electrons. The van der Waals surface area contributed by atoms with E-state index >= 15 is 0 Å². The largest absolute Gasteiger partial charge is 0.394 e. The van der Waals surface area contributed by atoms with Gasteiger partial charge in [-0.15, -0.1) is 0 Å². The third-order valence-corrected chi connectivity index (χ3v) is 5.43. The molecule has 0 bridgehead atoms. The van der Waals surface area contributed by atoms with Crippen molar-refractivity contribution < 1.29 is 12.6 Å². The molecular weight excluding hydrogens is 358 g/mol. The van der Waals surface area contributed by atoms with Gasteiger partial charge in [-0.3, -0.25) is 14.4 Å². The number of nitriles is 1. The van der Waals surface area contributed by atoms with Crippen LogP contribution in [0.15, 0.2) is 24.7 Å². The molecule has 0 unspecified atom stereocenters. The molecule has 1 amide bonds. The molecule has 9 heteroatoms. The summed E-state index contributed by atoms with van der Waals surface area (Å²) in [6.45, 7) is 1.02. The molecule has 0 aromatic carbocycles. The van der Waals surface area contributed by atoms with Crippen molar-refractivity contribution in [3.63, 3.8) is 0 Å². The van der Waals surface area contributed by atoms with E-state index in [1.165, 1.54) is 30.9 Å². The van der Waals surface area contributed by atoms with Gasteiger partial charge in [-0.05, 0) is 45.1 Å². The second-order valence-electron chi connectivity index (χ2n) is 7.77. The quantitative estimate of drug-likeness (QED) is 0.780. The van der Waals surface area contributed by atoms with Crippen LogP contribution in [0.1, 0.15) is 35.9 Å². The Balaban J connectivity index is 1.53. The number of carbonyl (C=O) groups excluding carboxylic acids is 1. The first-order chi connectivity index (χ1) is 14.1. The fourth-order valence-electron chi connectivity index (χ4n) is 3.54. The maximum Gasteiger partial charge on any atom is 0.248 e. The molecule has 1 saturated heterocycles. The lowest BCUT2D eigenvalue weighted by atomic mass is 9.83. The monoisotopic (exact) mass is 383 g/mol. The van der Waals surface area contributed by atoms with Gasteiger partial charge in [0.05, 0.1) is 32.8 Å². The van der Waals surface area contributed by atoms with Gasteiger partial charge in [0.15, 0.2) is 0 Å². The van der Waals surface area contributed by atoms with E-state index in [0.29, 0.717) is 24.5 Å². The Kier molecular flexibility index (Phi) is 3.75. The first-order valence-corrected chi connectivity index (χ1v) is 9.19. The molecule has 9 nitrogen and oxygen atoms in total. The predicted octanol–water partition coefficient (Wildman–Crippen LogP) is 1.80. The Morgan fingerprint density at radius 2 is 2.32 bits per heavy atom. The van der Waals surface area contributed by atoms with E-state index in [1.54, 1.807) is 17.2 Å². The molecule has 2 aromatic heterocycles. The molecule has 1 atom stereocenters. The number of nitrogens with zero attached hydrogens (tertiary/aromatic N) is 6. The summed E-state index contributed by atoms with van der Waals surface area (Å²) in [5, 5.41) is 26.5. The van der Waals surface area contributed by atoms with Crippen LogP contribution >= 0.6 is 0 Å². The van der Waals surface area contributed by atoms with E-state index in [1.807, 2.05) is 0 Å². The van der Waals surface area contributed by atoms with Crippen molar-refractivity contribution in [3.8, 4) is 6.07 Å². The highest BCUT2D eigenvalue weighted by Gasteiger charge is 2.57. The molecule has 0 spiro atoms. The first-order valence-electron chi connectivity index (χ1n) is 10.2. The Morgan fingerprint density at radius 1 is 1.54 bits per heavy atom. The summed E-state index contributed by atoms with van der Waals surface area (Å²) >= 11 is 0. The van der Waals surface area contributed by atoms with Crippen molar-refractivity contribution in [3.05, 3.63) is 24.7 Å². The van der Waals surface area contributed by atoms with Gasteiger partial charge in [0.25, 0.3) is 0 Å². The maximum atomic E-state index is 13.0. The normalized spacial score (nSPS) is 23.9. The van der Waals surface area contributed by atoms with Crippen LogP contribution in [0, 0.1) is 22.7 Å². The highest BCUT2D eigenvalue weighted by molar-refractivity contribution is 6.01. The second kappa shape index (κ2) is 6.56. The molecule has 2 aromatic rings. The standard InChI is InChI=1S/C19H23N7O2/c1-18(2,12-27)26-10-14(9-22-26)23-17-21-7-5-15(24-17)25-8-6-19(11-20,16(25)28)13-3-4-13/h5,7,9-10,13,27H,3-4,6,8,12H2,1-2H3,(H,21,23,24)/t19-/m1/s1/i12D2. The van der Waals surface area contributed by atoms with Gasteiger partial charge in [0.1, 0.15) is 11.2 Å². The third kappa shape index (κ3) is 2.99. The minimum Gasteiger partial charge on any atom is -0.394 e. The fourth-order valence-corrected chi connectivity index (χ4v) is 3.54. The summed E-state index contributed by atoms with van der Waals surface area (Å²) in [6, 6.07) is 3.90. The predicted molar refractivity (Wildman–Crippen MR) is 102 cm³/mol. The third-order valence-electron chi connectivity index (χ3n) is 5.43. The van der Waals surface area contributed by atoms with Gasteiger partial charge in [-0.2, -0.15) is 15.3 Å². The summed E-state index contributed by atoms with van der Waals surface area (Å²) in [5.74, 6) is 0.610. The number of aliphatic hydroxyl groups is 1. The van der Waals surface area contributed by atoms with Crippen molar-refractivity contribution in [2.75, 3.05) is 23.3 Å². The van der Waals surface area contributed by atoms with Crippen LogP contribution < -0.4 is 10.2 Å². The van der Waals surface area contributed by atoms with Crippen LogP contribution in [0.3, 0.4) is 0 Å². The molecule has 28 heavy (non-hydrogen) atoms.